The molecule has 5 heteroatoms. The van der Waals surface area contributed by atoms with Crippen LogP contribution >= 0.6 is 0 Å². The molecule has 2 atom stereocenters. The van der Waals surface area contributed by atoms with Gasteiger partial charge in [-0.2, -0.15) is 5.10 Å². The molecule has 5 nitrogen and oxygen atoms in total. The smallest absolute Gasteiger partial charge is 0.237 e. The van der Waals surface area contributed by atoms with E-state index in [1.54, 1.807) is 6.20 Å². The molecule has 0 radical (unpaired) electrons. The van der Waals surface area contributed by atoms with Crippen molar-refractivity contribution in [3.63, 3.8) is 0 Å². The number of nitrogens with two attached hydrogens (primary N) is 1. The summed E-state index contributed by atoms with van der Waals surface area (Å²) in [5.41, 5.74) is 8.02. The van der Waals surface area contributed by atoms with Gasteiger partial charge in [0.2, 0.25) is 5.91 Å². The molecular formula is C17H24N4O. The molecule has 0 bridgehead atoms. The van der Waals surface area contributed by atoms with Crippen LogP contribution in [0.1, 0.15) is 37.9 Å². The molecule has 0 saturated carbocycles. The molecule has 0 aliphatic heterocycles. The molecule has 0 fully saturated rings. The first kappa shape index (κ1) is 16.2. The number of carbonyl (C=O) groups is 1. The Morgan fingerprint density at radius 2 is 1.95 bits per heavy atom. The Bertz CT molecular complexity index is 606. The number of aromatic nitrogens is 2. The van der Waals surface area contributed by atoms with E-state index in [0.717, 1.165) is 5.56 Å². The number of carbonyl (C=O) groups excluding carboxylic acids is 1. The molecule has 22 heavy (non-hydrogen) atoms. The summed E-state index contributed by atoms with van der Waals surface area (Å²) in [5, 5.41) is 7.29. The molecule has 0 unspecified atom stereocenters. The lowest BCUT2D eigenvalue weighted by molar-refractivity contribution is -0.123. The van der Waals surface area contributed by atoms with E-state index in [-0.39, 0.29) is 17.9 Å². The third-order valence-electron chi connectivity index (χ3n) is 3.72. The van der Waals surface area contributed by atoms with Crippen LogP contribution in [0.5, 0.6) is 0 Å². The Balaban J connectivity index is 1.97. The summed E-state index contributed by atoms with van der Waals surface area (Å²) in [7, 11) is 0. The average Bonchev–Trinajstić information content (AvgIpc) is 2.96. The standard InChI is InChI=1S/C17H24N4O/c1-12(2)16(18)17(22)20-13(3)15-9-19-21(11-15)10-14-7-5-4-6-8-14/h4-9,11-13,16H,10,18H2,1-3H3,(H,20,22)/t13-,16+/m1/s1. The maximum Gasteiger partial charge on any atom is 0.237 e. The van der Waals surface area contributed by atoms with E-state index in [1.807, 2.05) is 49.8 Å². The highest BCUT2D eigenvalue weighted by Crippen LogP contribution is 2.13. The molecule has 1 amide bonds. The summed E-state index contributed by atoms with van der Waals surface area (Å²) < 4.78 is 1.87. The summed E-state index contributed by atoms with van der Waals surface area (Å²) in [6.45, 7) is 6.53. The van der Waals surface area contributed by atoms with E-state index in [4.69, 9.17) is 5.73 Å². The van der Waals surface area contributed by atoms with Crippen molar-refractivity contribution in [1.29, 1.82) is 0 Å². The topological polar surface area (TPSA) is 72.9 Å². The normalized spacial score (nSPS) is 13.9. The Hall–Kier alpha value is -2.14. The predicted octanol–water partition coefficient (Wildman–Crippen LogP) is 2.09. The fourth-order valence-corrected chi connectivity index (χ4v) is 2.16. The fraction of sp³-hybridized carbons (Fsp3) is 0.412. The SMILES string of the molecule is CC(C)[C@H](N)C(=O)N[C@H](C)c1cnn(Cc2ccccc2)c1. The number of amides is 1. The number of nitrogens with one attached hydrogen (secondary N) is 1. The minimum Gasteiger partial charge on any atom is -0.348 e. The average molecular weight is 300 g/mol. The second-order valence-corrected chi connectivity index (χ2v) is 5.96. The van der Waals surface area contributed by atoms with Crippen molar-refractivity contribution in [2.45, 2.75) is 39.4 Å². The third-order valence-corrected chi connectivity index (χ3v) is 3.72. The highest BCUT2D eigenvalue weighted by Gasteiger charge is 2.20. The van der Waals surface area contributed by atoms with Gasteiger partial charge in [-0.25, -0.2) is 0 Å². The van der Waals surface area contributed by atoms with Crippen molar-refractivity contribution in [2.24, 2.45) is 11.7 Å². The van der Waals surface area contributed by atoms with Crippen LogP contribution in [-0.2, 0) is 11.3 Å². The van der Waals surface area contributed by atoms with Gasteiger partial charge in [-0.1, -0.05) is 44.2 Å². The summed E-state index contributed by atoms with van der Waals surface area (Å²) in [5.74, 6) is -0.00804. The van der Waals surface area contributed by atoms with Crippen LogP contribution in [0, 0.1) is 5.92 Å². The highest BCUT2D eigenvalue weighted by atomic mass is 16.2. The lowest BCUT2D eigenvalue weighted by Crippen LogP contribution is -2.44. The molecule has 0 saturated heterocycles. The maximum atomic E-state index is 12.0. The zero-order chi connectivity index (χ0) is 16.1. The van der Waals surface area contributed by atoms with Crippen molar-refractivity contribution in [3.8, 4) is 0 Å². The molecule has 1 heterocycles. The molecular weight excluding hydrogens is 276 g/mol. The second kappa shape index (κ2) is 7.22. The van der Waals surface area contributed by atoms with E-state index in [0.29, 0.717) is 6.54 Å². The minimum absolute atomic E-state index is 0.109. The Morgan fingerprint density at radius 1 is 1.27 bits per heavy atom. The second-order valence-electron chi connectivity index (χ2n) is 5.96. The van der Waals surface area contributed by atoms with Crippen LogP contribution < -0.4 is 11.1 Å². The van der Waals surface area contributed by atoms with Gasteiger partial charge in [0.15, 0.2) is 0 Å². The van der Waals surface area contributed by atoms with Crippen molar-refractivity contribution < 1.29 is 4.79 Å². The fourth-order valence-electron chi connectivity index (χ4n) is 2.16. The number of rotatable bonds is 6. The molecule has 0 aliphatic rings. The number of benzene rings is 1. The zero-order valence-corrected chi connectivity index (χ0v) is 13.4. The maximum absolute atomic E-state index is 12.0. The van der Waals surface area contributed by atoms with Crippen LogP contribution in [0.3, 0.4) is 0 Å². The molecule has 1 aromatic carbocycles. The van der Waals surface area contributed by atoms with Crippen molar-refractivity contribution in [3.05, 3.63) is 53.9 Å². The zero-order valence-electron chi connectivity index (χ0n) is 13.4. The summed E-state index contributed by atoms with van der Waals surface area (Å²) in [6.07, 6.45) is 3.74. The molecule has 118 valence electrons. The highest BCUT2D eigenvalue weighted by molar-refractivity contribution is 5.82. The van der Waals surface area contributed by atoms with E-state index in [1.165, 1.54) is 5.56 Å². The van der Waals surface area contributed by atoms with Gasteiger partial charge in [-0.3, -0.25) is 9.48 Å². The van der Waals surface area contributed by atoms with Crippen LogP contribution in [0.2, 0.25) is 0 Å². The number of nitrogens with zero attached hydrogens (tertiary/aromatic N) is 2. The van der Waals surface area contributed by atoms with Crippen molar-refractivity contribution >= 4 is 5.91 Å². The van der Waals surface area contributed by atoms with Gasteiger partial charge in [-0.05, 0) is 18.4 Å². The first-order valence-corrected chi connectivity index (χ1v) is 7.59. The van der Waals surface area contributed by atoms with E-state index >= 15 is 0 Å². The first-order valence-electron chi connectivity index (χ1n) is 7.59. The van der Waals surface area contributed by atoms with Gasteiger partial charge in [0.25, 0.3) is 0 Å². The van der Waals surface area contributed by atoms with Gasteiger partial charge in [-0.15, -0.1) is 0 Å². The van der Waals surface area contributed by atoms with Gasteiger partial charge >= 0.3 is 0 Å². The van der Waals surface area contributed by atoms with Crippen LogP contribution in [-0.4, -0.2) is 21.7 Å². The van der Waals surface area contributed by atoms with Gasteiger partial charge < -0.3 is 11.1 Å². The summed E-state index contributed by atoms with van der Waals surface area (Å²) in [6, 6.07) is 9.55. The molecule has 2 aromatic rings. The number of hydrogen-bond acceptors (Lipinski definition) is 3. The van der Waals surface area contributed by atoms with E-state index in [2.05, 4.69) is 22.5 Å². The van der Waals surface area contributed by atoms with Gasteiger partial charge in [0.1, 0.15) is 0 Å². The largest absolute Gasteiger partial charge is 0.348 e. The molecule has 0 aliphatic carbocycles. The lowest BCUT2D eigenvalue weighted by atomic mass is 10.0. The summed E-state index contributed by atoms with van der Waals surface area (Å²) >= 11 is 0. The van der Waals surface area contributed by atoms with Gasteiger partial charge in [0, 0.05) is 11.8 Å². The molecule has 2 rings (SSSR count). The van der Waals surface area contributed by atoms with E-state index in [9.17, 15) is 4.79 Å². The molecule has 1 aromatic heterocycles. The quantitative estimate of drug-likeness (QED) is 0.858. The molecule has 3 N–H and O–H groups in total. The minimum atomic E-state index is -0.484. The van der Waals surface area contributed by atoms with Crippen molar-refractivity contribution in [1.82, 2.24) is 15.1 Å². The Labute approximate surface area is 131 Å². The van der Waals surface area contributed by atoms with Crippen LogP contribution in [0.4, 0.5) is 0 Å². The third kappa shape index (κ3) is 4.18. The van der Waals surface area contributed by atoms with E-state index < -0.39 is 6.04 Å². The van der Waals surface area contributed by atoms with Crippen LogP contribution in [0.25, 0.3) is 0 Å². The Kier molecular flexibility index (Phi) is 5.33. The Morgan fingerprint density at radius 3 is 2.59 bits per heavy atom. The first-order chi connectivity index (χ1) is 10.5. The molecule has 0 spiro atoms. The van der Waals surface area contributed by atoms with Gasteiger partial charge in [0.05, 0.1) is 24.8 Å². The van der Waals surface area contributed by atoms with Crippen LogP contribution in [0.15, 0.2) is 42.7 Å². The number of hydrogen-bond donors (Lipinski definition) is 2. The van der Waals surface area contributed by atoms with Crippen molar-refractivity contribution in [2.75, 3.05) is 0 Å². The summed E-state index contributed by atoms with van der Waals surface area (Å²) in [4.78, 5) is 12.0. The monoisotopic (exact) mass is 300 g/mol. The predicted molar refractivity (Wildman–Crippen MR) is 87.1 cm³/mol. The lowest BCUT2D eigenvalue weighted by Gasteiger charge is -2.18.